The molecule has 0 saturated carbocycles. The van der Waals surface area contributed by atoms with Crippen molar-refractivity contribution in [2.45, 2.75) is 72.1 Å². The Bertz CT molecular complexity index is 689. The number of ether oxygens (including phenoxy) is 3. The van der Waals surface area contributed by atoms with Crippen molar-refractivity contribution in [3.8, 4) is 22.9 Å². The van der Waals surface area contributed by atoms with Crippen LogP contribution in [-0.2, 0) is 4.74 Å². The first-order chi connectivity index (χ1) is 15.2. The molecular weight excluding hydrogens is 388 g/mol. The molecule has 5 heteroatoms. The molecule has 31 heavy (non-hydrogen) atoms. The predicted molar refractivity (Wildman–Crippen MR) is 127 cm³/mol. The van der Waals surface area contributed by atoms with Gasteiger partial charge in [0.2, 0.25) is 0 Å². The molecule has 0 radical (unpaired) electrons. The molecule has 5 nitrogen and oxygen atoms in total. The summed E-state index contributed by atoms with van der Waals surface area (Å²) in [5.74, 6) is 2.63. The van der Waals surface area contributed by atoms with E-state index >= 15 is 0 Å². The molecule has 0 saturated heterocycles. The first kappa shape index (κ1) is 25.1. The zero-order chi connectivity index (χ0) is 22.2. The van der Waals surface area contributed by atoms with E-state index in [9.17, 15) is 0 Å². The minimum atomic E-state index is 0.365. The molecule has 1 aromatic carbocycles. The molecule has 0 spiro atoms. The summed E-state index contributed by atoms with van der Waals surface area (Å²) in [6, 6.07) is 7.91. The van der Waals surface area contributed by atoms with E-state index < -0.39 is 0 Å². The summed E-state index contributed by atoms with van der Waals surface area (Å²) in [6.07, 6.45) is 13.3. The molecule has 0 aliphatic carbocycles. The summed E-state index contributed by atoms with van der Waals surface area (Å²) in [5.41, 5.74) is 0.964. The van der Waals surface area contributed by atoms with Gasteiger partial charge < -0.3 is 14.2 Å². The smallest absolute Gasteiger partial charge is 0.159 e. The highest BCUT2D eigenvalue weighted by Gasteiger charge is 2.06. The lowest BCUT2D eigenvalue weighted by Crippen LogP contribution is -2.15. The van der Waals surface area contributed by atoms with Crippen LogP contribution in [0.3, 0.4) is 0 Å². The lowest BCUT2D eigenvalue weighted by molar-refractivity contribution is 0.0831. The Balaban J connectivity index is 1.69. The Morgan fingerprint density at radius 1 is 0.710 bits per heavy atom. The van der Waals surface area contributed by atoms with Crippen LogP contribution in [0.2, 0.25) is 0 Å². The highest BCUT2D eigenvalue weighted by atomic mass is 16.5. The topological polar surface area (TPSA) is 53.5 Å². The van der Waals surface area contributed by atoms with Gasteiger partial charge in [0, 0.05) is 18.1 Å². The van der Waals surface area contributed by atoms with Gasteiger partial charge in [-0.15, -0.1) is 0 Å². The standard InChI is InChI=1S/C26H40N2O3/c1-4-6-8-9-10-11-17-30-25-18-27-26(28-19-25)23-12-14-24(15-13-23)31-21-22(3)20-29-16-7-5-2/h12-15,18-19,22H,4-11,16-17,20-21H2,1-3H3. The van der Waals surface area contributed by atoms with Gasteiger partial charge in [-0.1, -0.05) is 59.3 Å². The molecule has 172 valence electrons. The minimum absolute atomic E-state index is 0.365. The average molecular weight is 429 g/mol. The van der Waals surface area contributed by atoms with Gasteiger partial charge in [0.25, 0.3) is 0 Å². The number of nitrogens with zero attached hydrogens (tertiary/aromatic N) is 2. The molecule has 0 bridgehead atoms. The van der Waals surface area contributed by atoms with Crippen LogP contribution < -0.4 is 9.47 Å². The van der Waals surface area contributed by atoms with E-state index in [1.54, 1.807) is 12.4 Å². The van der Waals surface area contributed by atoms with Crippen LogP contribution in [-0.4, -0.2) is 36.4 Å². The molecule has 2 aromatic rings. The largest absolute Gasteiger partial charge is 0.493 e. The van der Waals surface area contributed by atoms with Crippen molar-refractivity contribution < 1.29 is 14.2 Å². The van der Waals surface area contributed by atoms with Gasteiger partial charge in [0.1, 0.15) is 5.75 Å². The van der Waals surface area contributed by atoms with Crippen molar-refractivity contribution in [3.05, 3.63) is 36.7 Å². The Morgan fingerprint density at radius 2 is 1.39 bits per heavy atom. The number of rotatable bonds is 17. The molecule has 0 aliphatic rings. The van der Waals surface area contributed by atoms with Crippen LogP contribution >= 0.6 is 0 Å². The van der Waals surface area contributed by atoms with Crippen molar-refractivity contribution in [3.63, 3.8) is 0 Å². The summed E-state index contributed by atoms with van der Waals surface area (Å²) in [5, 5.41) is 0. The minimum Gasteiger partial charge on any atom is -0.493 e. The van der Waals surface area contributed by atoms with Crippen LogP contribution in [0.1, 0.15) is 72.1 Å². The molecule has 0 amide bonds. The number of unbranched alkanes of at least 4 members (excludes halogenated alkanes) is 6. The second-order valence-corrected chi connectivity index (χ2v) is 8.23. The van der Waals surface area contributed by atoms with Crippen LogP contribution in [0.5, 0.6) is 11.5 Å². The fraction of sp³-hybridized carbons (Fsp3) is 0.615. The Kier molecular flexibility index (Phi) is 12.7. The molecule has 0 fully saturated rings. The van der Waals surface area contributed by atoms with Gasteiger partial charge in [0.15, 0.2) is 11.6 Å². The second-order valence-electron chi connectivity index (χ2n) is 8.23. The van der Waals surface area contributed by atoms with Gasteiger partial charge in [0.05, 0.1) is 32.2 Å². The number of hydrogen-bond donors (Lipinski definition) is 0. The molecule has 1 heterocycles. The van der Waals surface area contributed by atoms with E-state index in [2.05, 4.69) is 30.7 Å². The third-order valence-electron chi connectivity index (χ3n) is 5.09. The summed E-state index contributed by atoms with van der Waals surface area (Å²) >= 11 is 0. The molecule has 1 aromatic heterocycles. The summed E-state index contributed by atoms with van der Waals surface area (Å²) in [6.45, 7) is 9.49. The zero-order valence-electron chi connectivity index (χ0n) is 19.6. The fourth-order valence-corrected chi connectivity index (χ4v) is 3.13. The van der Waals surface area contributed by atoms with Crippen LogP contribution in [0.15, 0.2) is 36.7 Å². The van der Waals surface area contributed by atoms with Gasteiger partial charge in [-0.05, 0) is 37.1 Å². The zero-order valence-corrected chi connectivity index (χ0v) is 19.6. The van der Waals surface area contributed by atoms with E-state index in [-0.39, 0.29) is 0 Å². The van der Waals surface area contributed by atoms with Crippen molar-refractivity contribution in [1.82, 2.24) is 9.97 Å². The first-order valence-electron chi connectivity index (χ1n) is 12.0. The van der Waals surface area contributed by atoms with Crippen LogP contribution in [0.25, 0.3) is 11.4 Å². The van der Waals surface area contributed by atoms with Gasteiger partial charge in [-0.25, -0.2) is 9.97 Å². The molecule has 1 atom stereocenters. The van der Waals surface area contributed by atoms with E-state index in [0.717, 1.165) is 56.1 Å². The van der Waals surface area contributed by atoms with E-state index in [4.69, 9.17) is 14.2 Å². The maximum Gasteiger partial charge on any atom is 0.159 e. The highest BCUT2D eigenvalue weighted by Crippen LogP contribution is 2.21. The number of benzene rings is 1. The van der Waals surface area contributed by atoms with Crippen LogP contribution in [0.4, 0.5) is 0 Å². The lowest BCUT2D eigenvalue weighted by atomic mass is 10.1. The maximum absolute atomic E-state index is 5.88. The van der Waals surface area contributed by atoms with Crippen molar-refractivity contribution in [1.29, 1.82) is 0 Å². The molecule has 0 aliphatic heterocycles. The summed E-state index contributed by atoms with van der Waals surface area (Å²) in [4.78, 5) is 8.90. The average Bonchev–Trinajstić information content (AvgIpc) is 2.81. The number of aromatic nitrogens is 2. The van der Waals surface area contributed by atoms with Gasteiger partial charge in [-0.3, -0.25) is 0 Å². The lowest BCUT2D eigenvalue weighted by Gasteiger charge is -2.13. The van der Waals surface area contributed by atoms with E-state index in [0.29, 0.717) is 18.3 Å². The third-order valence-corrected chi connectivity index (χ3v) is 5.09. The highest BCUT2D eigenvalue weighted by molar-refractivity contribution is 5.56. The van der Waals surface area contributed by atoms with Crippen molar-refractivity contribution in [2.24, 2.45) is 5.92 Å². The Labute approximate surface area is 188 Å². The molecule has 0 N–H and O–H groups in total. The molecule has 1 unspecified atom stereocenters. The normalized spacial score (nSPS) is 12.0. The SMILES string of the molecule is CCCCCCCCOc1cnc(-c2ccc(OCC(C)COCCCC)cc2)nc1. The number of hydrogen-bond acceptors (Lipinski definition) is 5. The van der Waals surface area contributed by atoms with E-state index in [1.807, 2.05) is 24.3 Å². The van der Waals surface area contributed by atoms with Crippen molar-refractivity contribution in [2.75, 3.05) is 26.4 Å². The molecule has 2 rings (SSSR count). The molecular formula is C26H40N2O3. The maximum atomic E-state index is 5.88. The monoisotopic (exact) mass is 428 g/mol. The predicted octanol–water partition coefficient (Wildman–Crippen LogP) is 6.71. The van der Waals surface area contributed by atoms with E-state index in [1.165, 1.54) is 32.1 Å². The quantitative estimate of drug-likeness (QED) is 0.262. The summed E-state index contributed by atoms with van der Waals surface area (Å²) in [7, 11) is 0. The second kappa shape index (κ2) is 15.6. The fourth-order valence-electron chi connectivity index (χ4n) is 3.13. The Morgan fingerprint density at radius 3 is 2.10 bits per heavy atom. The van der Waals surface area contributed by atoms with Gasteiger partial charge in [-0.2, -0.15) is 0 Å². The van der Waals surface area contributed by atoms with Crippen LogP contribution in [0, 0.1) is 5.92 Å². The third kappa shape index (κ3) is 10.6. The Hall–Kier alpha value is -2.14. The summed E-state index contributed by atoms with van der Waals surface area (Å²) < 4.78 is 17.3. The first-order valence-corrected chi connectivity index (χ1v) is 12.0. The van der Waals surface area contributed by atoms with Crippen molar-refractivity contribution >= 4 is 0 Å². The van der Waals surface area contributed by atoms with Gasteiger partial charge >= 0.3 is 0 Å².